The summed E-state index contributed by atoms with van der Waals surface area (Å²) in [5.41, 5.74) is 7.72. The second kappa shape index (κ2) is 6.19. The number of nitrogens with two attached hydrogens (primary N) is 1. The molecule has 0 aliphatic heterocycles. The number of hydrogen-bond donors (Lipinski definition) is 1. The van der Waals surface area contributed by atoms with E-state index < -0.39 is 0 Å². The molecule has 1 aromatic rings. The third-order valence-electron chi connectivity index (χ3n) is 2.99. The fourth-order valence-corrected chi connectivity index (χ4v) is 2.11. The van der Waals surface area contributed by atoms with Gasteiger partial charge in [-0.2, -0.15) is 5.10 Å². The van der Waals surface area contributed by atoms with E-state index in [2.05, 4.69) is 25.9 Å². The third-order valence-corrected chi connectivity index (χ3v) is 2.99. The molecule has 0 amide bonds. The molecule has 1 unspecified atom stereocenters. The molecule has 1 heterocycles. The zero-order valence-corrected chi connectivity index (χ0v) is 12.6. The molecule has 5 heteroatoms. The fraction of sp³-hybridized carbons (Fsp3) is 0.714. The zero-order chi connectivity index (χ0) is 14.6. The van der Waals surface area contributed by atoms with Gasteiger partial charge in [0.15, 0.2) is 0 Å². The Morgan fingerprint density at radius 1 is 1.53 bits per heavy atom. The van der Waals surface area contributed by atoms with Crippen LogP contribution in [-0.2, 0) is 28.4 Å². The second-order valence-electron chi connectivity index (χ2n) is 5.82. The van der Waals surface area contributed by atoms with E-state index in [1.807, 2.05) is 13.2 Å². The van der Waals surface area contributed by atoms with Gasteiger partial charge in [0.25, 0.3) is 0 Å². The zero-order valence-electron chi connectivity index (χ0n) is 12.6. The van der Waals surface area contributed by atoms with E-state index in [1.165, 1.54) is 0 Å². The van der Waals surface area contributed by atoms with Crippen molar-refractivity contribution < 1.29 is 9.53 Å². The van der Waals surface area contributed by atoms with Crippen LogP contribution in [0.3, 0.4) is 0 Å². The van der Waals surface area contributed by atoms with Gasteiger partial charge in [0.1, 0.15) is 0 Å². The Bertz CT molecular complexity index is 432. The van der Waals surface area contributed by atoms with E-state index in [9.17, 15) is 4.79 Å². The highest BCUT2D eigenvalue weighted by molar-refractivity contribution is 5.73. The fourth-order valence-electron chi connectivity index (χ4n) is 2.11. The summed E-state index contributed by atoms with van der Waals surface area (Å²) in [5, 5.41) is 4.50. The van der Waals surface area contributed by atoms with Crippen LogP contribution in [0, 0.1) is 5.92 Å². The highest BCUT2D eigenvalue weighted by Gasteiger charge is 2.26. The van der Waals surface area contributed by atoms with Crippen LogP contribution >= 0.6 is 0 Å². The highest BCUT2D eigenvalue weighted by atomic mass is 16.5. The van der Waals surface area contributed by atoms with Crippen LogP contribution in [0.4, 0.5) is 0 Å². The molecule has 5 nitrogen and oxygen atoms in total. The molecule has 1 rings (SSSR count). The average Bonchev–Trinajstić information content (AvgIpc) is 2.67. The lowest BCUT2D eigenvalue weighted by molar-refractivity contribution is -0.147. The lowest BCUT2D eigenvalue weighted by atomic mass is 9.87. The molecule has 19 heavy (non-hydrogen) atoms. The Balaban J connectivity index is 2.94. The monoisotopic (exact) mass is 267 g/mol. The van der Waals surface area contributed by atoms with Crippen LogP contribution in [0.2, 0.25) is 0 Å². The van der Waals surface area contributed by atoms with Crippen molar-refractivity contribution in [3.63, 3.8) is 0 Å². The molecule has 0 fully saturated rings. The van der Waals surface area contributed by atoms with E-state index in [1.54, 1.807) is 11.6 Å². The molecule has 0 aliphatic carbocycles. The van der Waals surface area contributed by atoms with Crippen molar-refractivity contribution in [1.82, 2.24) is 9.78 Å². The van der Waals surface area contributed by atoms with Gasteiger partial charge in [0, 0.05) is 25.2 Å². The molecule has 0 bridgehead atoms. The van der Waals surface area contributed by atoms with E-state index in [0.717, 1.165) is 11.3 Å². The molecule has 0 saturated carbocycles. The number of rotatable bonds is 5. The molecule has 1 atom stereocenters. The van der Waals surface area contributed by atoms with Gasteiger partial charge >= 0.3 is 5.97 Å². The summed E-state index contributed by atoms with van der Waals surface area (Å²) >= 11 is 0. The standard InChI is InChI=1S/C14H25N3O2/c1-6-19-13(18)10(8-15)7-11-9-17(5)16-12(11)14(2,3)4/h9-10H,6-8,15H2,1-5H3. The summed E-state index contributed by atoms with van der Waals surface area (Å²) in [7, 11) is 1.89. The Morgan fingerprint density at radius 2 is 2.16 bits per heavy atom. The van der Waals surface area contributed by atoms with Crippen molar-refractivity contribution in [3.8, 4) is 0 Å². The lowest BCUT2D eigenvalue weighted by Crippen LogP contribution is -2.28. The number of aromatic nitrogens is 2. The van der Waals surface area contributed by atoms with E-state index in [0.29, 0.717) is 13.0 Å². The Kier molecular flexibility index (Phi) is 5.11. The van der Waals surface area contributed by atoms with Crippen molar-refractivity contribution in [2.24, 2.45) is 18.7 Å². The first kappa shape index (κ1) is 15.7. The van der Waals surface area contributed by atoms with Gasteiger partial charge in [0.2, 0.25) is 0 Å². The van der Waals surface area contributed by atoms with Crippen molar-refractivity contribution in [3.05, 3.63) is 17.5 Å². The molecule has 108 valence electrons. The summed E-state index contributed by atoms with van der Waals surface area (Å²) < 4.78 is 6.84. The molecule has 0 aliphatic rings. The Labute approximate surface area is 115 Å². The third kappa shape index (κ3) is 4.06. The maximum Gasteiger partial charge on any atom is 0.310 e. The van der Waals surface area contributed by atoms with E-state index in [4.69, 9.17) is 10.5 Å². The molecule has 0 aromatic carbocycles. The quantitative estimate of drug-likeness (QED) is 0.819. The summed E-state index contributed by atoms with van der Waals surface area (Å²) in [6, 6.07) is 0. The van der Waals surface area contributed by atoms with Crippen molar-refractivity contribution in [2.75, 3.05) is 13.2 Å². The van der Waals surface area contributed by atoms with Crippen LogP contribution < -0.4 is 5.73 Å². The number of ether oxygens (including phenoxy) is 1. The molecular weight excluding hydrogens is 242 g/mol. The number of hydrogen-bond acceptors (Lipinski definition) is 4. The van der Waals surface area contributed by atoms with Gasteiger partial charge in [-0.25, -0.2) is 0 Å². The SMILES string of the molecule is CCOC(=O)C(CN)Cc1cn(C)nc1C(C)(C)C. The molecule has 0 saturated heterocycles. The van der Waals surface area contributed by atoms with Gasteiger partial charge in [0.05, 0.1) is 18.2 Å². The number of aryl methyl sites for hydroxylation is 1. The summed E-state index contributed by atoms with van der Waals surface area (Å²) in [5.74, 6) is -0.529. The van der Waals surface area contributed by atoms with Crippen LogP contribution in [0.15, 0.2) is 6.20 Å². The first-order chi connectivity index (χ1) is 8.79. The predicted molar refractivity (Wildman–Crippen MR) is 74.8 cm³/mol. The predicted octanol–water partition coefficient (Wildman–Crippen LogP) is 1.40. The Hall–Kier alpha value is -1.36. The summed E-state index contributed by atoms with van der Waals surface area (Å²) in [6.07, 6.45) is 2.54. The van der Waals surface area contributed by atoms with Crippen molar-refractivity contribution >= 4 is 5.97 Å². The minimum atomic E-state index is -0.301. The van der Waals surface area contributed by atoms with Gasteiger partial charge in [-0.3, -0.25) is 9.48 Å². The van der Waals surface area contributed by atoms with Gasteiger partial charge in [-0.15, -0.1) is 0 Å². The van der Waals surface area contributed by atoms with Crippen molar-refractivity contribution in [1.29, 1.82) is 0 Å². The first-order valence-electron chi connectivity index (χ1n) is 6.69. The maximum absolute atomic E-state index is 11.8. The number of nitrogens with zero attached hydrogens (tertiary/aromatic N) is 2. The van der Waals surface area contributed by atoms with Crippen LogP contribution in [0.1, 0.15) is 39.0 Å². The van der Waals surface area contributed by atoms with E-state index in [-0.39, 0.29) is 23.8 Å². The highest BCUT2D eigenvalue weighted by Crippen LogP contribution is 2.26. The minimum Gasteiger partial charge on any atom is -0.466 e. The Morgan fingerprint density at radius 3 is 2.63 bits per heavy atom. The summed E-state index contributed by atoms with van der Waals surface area (Å²) in [4.78, 5) is 11.8. The second-order valence-corrected chi connectivity index (χ2v) is 5.82. The average molecular weight is 267 g/mol. The van der Waals surface area contributed by atoms with Crippen molar-refractivity contribution in [2.45, 2.75) is 39.5 Å². The largest absolute Gasteiger partial charge is 0.466 e. The van der Waals surface area contributed by atoms with Crippen LogP contribution in [-0.4, -0.2) is 28.9 Å². The number of carbonyl (C=O) groups excluding carboxylic acids is 1. The summed E-state index contributed by atoms with van der Waals surface area (Å²) in [6.45, 7) is 8.81. The first-order valence-corrected chi connectivity index (χ1v) is 6.69. The minimum absolute atomic E-state index is 0.0512. The van der Waals surface area contributed by atoms with Gasteiger partial charge in [-0.05, 0) is 18.9 Å². The number of carbonyl (C=O) groups is 1. The molecule has 0 radical (unpaired) electrons. The lowest BCUT2D eigenvalue weighted by Gasteiger charge is -2.19. The van der Waals surface area contributed by atoms with Gasteiger partial charge < -0.3 is 10.5 Å². The van der Waals surface area contributed by atoms with Crippen LogP contribution in [0.25, 0.3) is 0 Å². The topological polar surface area (TPSA) is 70.1 Å². The van der Waals surface area contributed by atoms with Crippen LogP contribution in [0.5, 0.6) is 0 Å². The smallest absolute Gasteiger partial charge is 0.310 e. The van der Waals surface area contributed by atoms with Gasteiger partial charge in [-0.1, -0.05) is 20.8 Å². The molecular formula is C14H25N3O2. The number of esters is 1. The maximum atomic E-state index is 11.8. The normalized spacial score (nSPS) is 13.4. The van der Waals surface area contributed by atoms with E-state index >= 15 is 0 Å². The molecule has 1 aromatic heterocycles. The molecule has 2 N–H and O–H groups in total. The molecule has 0 spiro atoms.